The number of hydrogen-bond acceptors (Lipinski definition) is 5. The molecule has 6 aromatic rings. The lowest BCUT2D eigenvalue weighted by Gasteiger charge is -2.37. The Morgan fingerprint density at radius 3 is 1.98 bits per heavy atom. The number of rotatable bonds is 11. The highest BCUT2D eigenvalue weighted by Gasteiger charge is 2.39. The maximum absolute atomic E-state index is 6.96. The second-order valence-electron chi connectivity index (χ2n) is 12.9. The summed E-state index contributed by atoms with van der Waals surface area (Å²) in [6, 6.07) is 33.7. The van der Waals surface area contributed by atoms with Gasteiger partial charge in [0.05, 0.1) is 36.4 Å². The van der Waals surface area contributed by atoms with Crippen molar-refractivity contribution in [1.82, 2.24) is 9.55 Å². The van der Waals surface area contributed by atoms with E-state index < -0.39 is 8.32 Å². The first-order valence-electron chi connectivity index (χ1n) is 15.6. The number of benzene rings is 5. The fourth-order valence-corrected chi connectivity index (χ4v) is 6.49. The van der Waals surface area contributed by atoms with E-state index in [0.717, 1.165) is 50.4 Å². The average molecular weight is 619 g/mol. The van der Waals surface area contributed by atoms with Gasteiger partial charge in [0.1, 0.15) is 23.9 Å². The lowest BCUT2D eigenvalue weighted by Crippen LogP contribution is -2.44. The van der Waals surface area contributed by atoms with Crippen molar-refractivity contribution in [1.29, 1.82) is 0 Å². The van der Waals surface area contributed by atoms with Gasteiger partial charge in [-0.15, -0.1) is 0 Å². The lowest BCUT2D eigenvalue weighted by molar-refractivity contribution is 0.0544. The van der Waals surface area contributed by atoms with Gasteiger partial charge in [0.2, 0.25) is 0 Å². The van der Waals surface area contributed by atoms with Crippen LogP contribution in [0.25, 0.3) is 49.7 Å². The maximum atomic E-state index is 6.96. The molecule has 45 heavy (non-hydrogen) atoms. The summed E-state index contributed by atoms with van der Waals surface area (Å²) in [6.45, 7) is 13.5. The minimum atomic E-state index is -2.14. The van der Waals surface area contributed by atoms with Crippen LogP contribution in [0.5, 0.6) is 11.5 Å². The Morgan fingerprint density at radius 2 is 1.29 bits per heavy atom. The molecule has 1 heterocycles. The normalized spacial score (nSPS) is 12.3. The molecule has 0 atom stereocenters. The molecule has 5 aromatic carbocycles. The van der Waals surface area contributed by atoms with Crippen LogP contribution >= 0.6 is 0 Å². The van der Waals surface area contributed by atoms with Crippen LogP contribution in [0.3, 0.4) is 0 Å². The van der Waals surface area contributed by atoms with Crippen LogP contribution in [0.4, 0.5) is 0 Å². The van der Waals surface area contributed by atoms with Crippen molar-refractivity contribution in [3.63, 3.8) is 0 Å². The molecule has 0 aliphatic heterocycles. The largest absolute Gasteiger partial charge is 0.543 e. The fourth-order valence-electron chi connectivity index (χ4n) is 5.46. The van der Waals surface area contributed by atoms with E-state index in [0.29, 0.717) is 26.4 Å². The van der Waals surface area contributed by atoms with Gasteiger partial charge in [-0.3, -0.25) is 4.57 Å². The zero-order valence-corrected chi connectivity index (χ0v) is 28.1. The topological polar surface area (TPSA) is 54.7 Å². The third-order valence-corrected chi connectivity index (χ3v) is 13.2. The number of para-hydroxylation sites is 1. The maximum Gasteiger partial charge on any atom is 0.250 e. The molecular weight excluding hydrogens is 577 g/mol. The van der Waals surface area contributed by atoms with Gasteiger partial charge in [0.15, 0.2) is 0 Å². The summed E-state index contributed by atoms with van der Waals surface area (Å²) >= 11 is 0. The Bertz CT molecular complexity index is 1940. The predicted molar refractivity (Wildman–Crippen MR) is 188 cm³/mol. The molecule has 6 nitrogen and oxygen atoms in total. The molecular formula is C38H42N2O4Si. The Hall–Kier alpha value is -4.17. The summed E-state index contributed by atoms with van der Waals surface area (Å²) in [5.74, 6) is 2.50. The molecule has 0 aliphatic rings. The summed E-state index contributed by atoms with van der Waals surface area (Å²) < 4.78 is 25.8. The van der Waals surface area contributed by atoms with Crippen molar-refractivity contribution >= 4 is 40.9 Å². The number of imidazole rings is 1. The van der Waals surface area contributed by atoms with Crippen LogP contribution in [-0.2, 0) is 9.47 Å². The van der Waals surface area contributed by atoms with Gasteiger partial charge in [-0.1, -0.05) is 81.4 Å². The summed E-state index contributed by atoms with van der Waals surface area (Å²) in [5.41, 5.74) is 4.01. The quantitative estimate of drug-likeness (QED) is 0.0823. The smallest absolute Gasteiger partial charge is 0.250 e. The van der Waals surface area contributed by atoms with E-state index in [-0.39, 0.29) is 5.04 Å². The van der Waals surface area contributed by atoms with Gasteiger partial charge in [0, 0.05) is 23.6 Å². The van der Waals surface area contributed by atoms with Crippen LogP contribution < -0.4 is 9.16 Å². The Balaban J connectivity index is 1.53. The van der Waals surface area contributed by atoms with Crippen LogP contribution in [0.2, 0.25) is 18.1 Å². The first-order valence-corrected chi connectivity index (χ1v) is 18.5. The van der Waals surface area contributed by atoms with E-state index in [9.17, 15) is 0 Å². The number of ether oxygens (including phenoxy) is 3. The lowest BCUT2D eigenvalue weighted by atomic mass is 10.00. The molecule has 0 aliphatic carbocycles. The summed E-state index contributed by atoms with van der Waals surface area (Å²) in [6.07, 6.45) is 0. The van der Waals surface area contributed by atoms with E-state index in [1.54, 1.807) is 7.11 Å². The van der Waals surface area contributed by atoms with Crippen molar-refractivity contribution in [2.75, 3.05) is 33.5 Å². The zero-order chi connectivity index (χ0) is 31.6. The van der Waals surface area contributed by atoms with E-state index >= 15 is 0 Å². The predicted octanol–water partition coefficient (Wildman–Crippen LogP) is 9.42. The van der Waals surface area contributed by atoms with Gasteiger partial charge in [-0.05, 0) is 65.3 Å². The number of nitrogens with zero attached hydrogens (tertiary/aromatic N) is 2. The standard InChI is InChI=1S/C38H42N2O4Si/c1-38(2,3)45(5,6)44-34-18-12-11-17-33(34)37-39-35-31-15-9-7-13-29(31)30-14-8-10-16-32(30)36(35)40(37)27-19-21-28(22-20-27)43-26-25-42-24-23-41-4/h7-22H,23-26H2,1-6H3. The van der Waals surface area contributed by atoms with E-state index in [4.69, 9.17) is 23.6 Å². The second-order valence-corrected chi connectivity index (χ2v) is 17.6. The number of hydrogen-bond donors (Lipinski definition) is 0. The molecule has 0 radical (unpaired) electrons. The van der Waals surface area contributed by atoms with Gasteiger partial charge < -0.3 is 18.6 Å². The van der Waals surface area contributed by atoms with Gasteiger partial charge in [-0.2, -0.15) is 0 Å². The minimum Gasteiger partial charge on any atom is -0.543 e. The van der Waals surface area contributed by atoms with Crippen LogP contribution in [-0.4, -0.2) is 51.4 Å². The number of methoxy groups -OCH3 is 1. The minimum absolute atomic E-state index is 0.0529. The first-order chi connectivity index (χ1) is 21.7. The highest BCUT2D eigenvalue weighted by Crippen LogP contribution is 2.43. The SMILES string of the molecule is COCCOCCOc1ccc(-n2c(-c3ccccc3O[Si](C)(C)C(C)(C)C)nc3c4ccccc4c4ccccc4c32)cc1. The molecule has 0 fully saturated rings. The average Bonchev–Trinajstić information content (AvgIpc) is 3.44. The first kappa shape index (κ1) is 30.8. The molecule has 6 rings (SSSR count). The van der Waals surface area contributed by atoms with Gasteiger partial charge >= 0.3 is 0 Å². The fraction of sp³-hybridized carbons (Fsp3) is 0.289. The highest BCUT2D eigenvalue weighted by atomic mass is 28.4. The number of aromatic nitrogens is 2. The van der Waals surface area contributed by atoms with Crippen molar-refractivity contribution < 1.29 is 18.6 Å². The van der Waals surface area contributed by atoms with Gasteiger partial charge in [0.25, 0.3) is 8.32 Å². The molecule has 0 amide bonds. The van der Waals surface area contributed by atoms with Crippen molar-refractivity contribution in [2.45, 2.75) is 38.9 Å². The molecule has 0 unspecified atom stereocenters. The monoisotopic (exact) mass is 618 g/mol. The zero-order valence-electron chi connectivity index (χ0n) is 27.1. The van der Waals surface area contributed by atoms with E-state index in [1.807, 2.05) is 12.1 Å². The molecule has 1 aromatic heterocycles. The molecule has 0 N–H and O–H groups in total. The van der Waals surface area contributed by atoms with E-state index in [1.165, 1.54) is 10.8 Å². The van der Waals surface area contributed by atoms with Crippen LogP contribution in [0.15, 0.2) is 97.1 Å². The third kappa shape index (κ3) is 6.08. The molecule has 0 saturated heterocycles. The Labute approximate surface area is 266 Å². The summed E-state index contributed by atoms with van der Waals surface area (Å²) in [7, 11) is -0.467. The number of fused-ring (bicyclic) bond motifs is 6. The Morgan fingerprint density at radius 1 is 0.689 bits per heavy atom. The van der Waals surface area contributed by atoms with Crippen molar-refractivity contribution in [3.05, 3.63) is 97.1 Å². The van der Waals surface area contributed by atoms with E-state index in [2.05, 4.69) is 123 Å². The van der Waals surface area contributed by atoms with Gasteiger partial charge in [-0.25, -0.2) is 4.98 Å². The molecule has 7 heteroatoms. The molecule has 232 valence electrons. The summed E-state index contributed by atoms with van der Waals surface area (Å²) in [5, 5.41) is 4.73. The molecule has 0 spiro atoms. The molecule has 0 saturated carbocycles. The van der Waals surface area contributed by atoms with Crippen LogP contribution in [0.1, 0.15) is 20.8 Å². The second kappa shape index (κ2) is 12.7. The Kier molecular flexibility index (Phi) is 8.69. The third-order valence-electron chi connectivity index (χ3n) is 8.85. The molecule has 0 bridgehead atoms. The highest BCUT2D eigenvalue weighted by molar-refractivity contribution is 6.74. The van der Waals surface area contributed by atoms with Crippen molar-refractivity contribution in [3.8, 4) is 28.6 Å². The summed E-state index contributed by atoms with van der Waals surface area (Å²) in [4.78, 5) is 5.44. The van der Waals surface area contributed by atoms with Crippen LogP contribution in [0, 0.1) is 0 Å². The van der Waals surface area contributed by atoms with Crippen molar-refractivity contribution in [2.24, 2.45) is 0 Å².